The van der Waals surface area contributed by atoms with E-state index < -0.39 is 17.9 Å². The molecule has 0 aliphatic heterocycles. The van der Waals surface area contributed by atoms with Crippen molar-refractivity contribution in [1.82, 2.24) is 10.7 Å². The smallest absolute Gasteiger partial charge is 0.262 e. The Morgan fingerprint density at radius 1 is 1.03 bits per heavy atom. The van der Waals surface area contributed by atoms with Crippen LogP contribution in [-0.2, 0) is 4.79 Å². The van der Waals surface area contributed by atoms with Gasteiger partial charge in [0.25, 0.3) is 11.8 Å². The molecule has 0 spiro atoms. The van der Waals surface area contributed by atoms with Crippen LogP contribution < -0.4 is 15.5 Å². The zero-order valence-corrected chi connectivity index (χ0v) is 19.4. The lowest BCUT2D eigenvalue weighted by atomic mass is 10.0. The number of hydrogen-bond acceptors (Lipinski definition) is 4. The minimum Gasteiger partial charge on any atom is -0.496 e. The molecule has 2 amide bonds. The van der Waals surface area contributed by atoms with Crippen molar-refractivity contribution in [3.05, 3.63) is 75.8 Å². The van der Waals surface area contributed by atoms with Crippen LogP contribution in [0.15, 0.2) is 59.7 Å². The Balaban J connectivity index is 1.76. The first-order valence-corrected chi connectivity index (χ1v) is 10.7. The summed E-state index contributed by atoms with van der Waals surface area (Å²) in [5.41, 5.74) is 3.57. The summed E-state index contributed by atoms with van der Waals surface area (Å²) < 4.78 is 5.44. The molecular weight excluding hydrogens is 449 g/mol. The number of nitrogens with one attached hydrogen (secondary N) is 2. The highest BCUT2D eigenvalue weighted by Crippen LogP contribution is 2.26. The fourth-order valence-electron chi connectivity index (χ4n) is 3.21. The molecular formula is C24H23Cl2N3O3. The second-order valence-electron chi connectivity index (χ2n) is 7.46. The zero-order chi connectivity index (χ0) is 23.3. The Morgan fingerprint density at radius 3 is 2.47 bits per heavy atom. The van der Waals surface area contributed by atoms with E-state index in [0.717, 1.165) is 16.3 Å². The molecule has 3 rings (SSSR count). The number of nitrogens with zero attached hydrogens (tertiary/aromatic N) is 1. The summed E-state index contributed by atoms with van der Waals surface area (Å²) in [6.45, 7) is 3.66. The molecule has 3 aromatic rings. The Hall–Kier alpha value is -3.09. The number of halogens is 2. The van der Waals surface area contributed by atoms with Crippen LogP contribution in [0.3, 0.4) is 0 Å². The Bertz CT molecular complexity index is 1180. The number of benzene rings is 3. The van der Waals surface area contributed by atoms with Gasteiger partial charge in [0, 0.05) is 11.1 Å². The lowest BCUT2D eigenvalue weighted by molar-refractivity contribution is -0.123. The molecule has 8 heteroatoms. The van der Waals surface area contributed by atoms with Crippen molar-refractivity contribution in [3.8, 4) is 5.75 Å². The predicted molar refractivity (Wildman–Crippen MR) is 129 cm³/mol. The number of amides is 2. The number of hydrogen-bond donors (Lipinski definition) is 2. The Morgan fingerprint density at radius 2 is 1.78 bits per heavy atom. The van der Waals surface area contributed by atoms with Gasteiger partial charge in [-0.3, -0.25) is 9.59 Å². The quantitative estimate of drug-likeness (QED) is 0.373. The molecule has 1 unspecified atom stereocenters. The van der Waals surface area contributed by atoms with Gasteiger partial charge in [0.05, 0.1) is 23.4 Å². The molecule has 0 aliphatic carbocycles. The van der Waals surface area contributed by atoms with Gasteiger partial charge in [-0.05, 0) is 41.0 Å². The van der Waals surface area contributed by atoms with Gasteiger partial charge in [-0.2, -0.15) is 5.10 Å². The van der Waals surface area contributed by atoms with Crippen LogP contribution in [0, 0.1) is 5.92 Å². The molecule has 32 heavy (non-hydrogen) atoms. The molecule has 0 saturated heterocycles. The van der Waals surface area contributed by atoms with Gasteiger partial charge in [0.15, 0.2) is 0 Å². The normalized spacial score (nSPS) is 12.2. The number of hydrazone groups is 1. The Kier molecular flexibility index (Phi) is 7.72. The van der Waals surface area contributed by atoms with E-state index in [2.05, 4.69) is 15.8 Å². The largest absolute Gasteiger partial charge is 0.496 e. The third-order valence-electron chi connectivity index (χ3n) is 4.94. The van der Waals surface area contributed by atoms with Gasteiger partial charge in [-0.1, -0.05) is 67.4 Å². The SMILES string of the molecule is COc1ccc2ccccc2c1C=NNC(=O)C(NC(=O)c1ccc(Cl)c(Cl)c1)C(C)C. The van der Waals surface area contributed by atoms with Crippen molar-refractivity contribution in [1.29, 1.82) is 0 Å². The maximum Gasteiger partial charge on any atom is 0.262 e. The highest BCUT2D eigenvalue weighted by Gasteiger charge is 2.24. The van der Waals surface area contributed by atoms with Crippen molar-refractivity contribution in [2.75, 3.05) is 7.11 Å². The van der Waals surface area contributed by atoms with Crippen molar-refractivity contribution in [2.24, 2.45) is 11.0 Å². The fourth-order valence-corrected chi connectivity index (χ4v) is 3.51. The van der Waals surface area contributed by atoms with Gasteiger partial charge in [-0.15, -0.1) is 0 Å². The summed E-state index contributed by atoms with van der Waals surface area (Å²) in [7, 11) is 1.58. The Labute approximate surface area is 196 Å². The molecule has 0 fully saturated rings. The molecule has 0 bridgehead atoms. The molecule has 0 saturated carbocycles. The highest BCUT2D eigenvalue weighted by atomic mass is 35.5. The number of methoxy groups -OCH3 is 1. The molecule has 0 aliphatic rings. The van der Waals surface area contributed by atoms with Crippen molar-refractivity contribution in [3.63, 3.8) is 0 Å². The summed E-state index contributed by atoms with van der Waals surface area (Å²) in [6.07, 6.45) is 1.54. The van der Waals surface area contributed by atoms with Crippen LogP contribution in [0.1, 0.15) is 29.8 Å². The second kappa shape index (κ2) is 10.5. The van der Waals surface area contributed by atoms with E-state index in [1.807, 2.05) is 50.2 Å². The minimum atomic E-state index is -0.802. The summed E-state index contributed by atoms with van der Waals surface area (Å²) in [5, 5.41) is 9.42. The van der Waals surface area contributed by atoms with Gasteiger partial charge in [0.1, 0.15) is 11.8 Å². The van der Waals surface area contributed by atoms with Crippen LogP contribution in [0.4, 0.5) is 0 Å². The molecule has 0 aromatic heterocycles. The van der Waals surface area contributed by atoms with Crippen LogP contribution in [0.5, 0.6) is 5.75 Å². The fraction of sp³-hybridized carbons (Fsp3) is 0.208. The first kappa shape index (κ1) is 23.6. The number of carbonyl (C=O) groups is 2. The molecule has 2 N–H and O–H groups in total. The number of carbonyl (C=O) groups excluding carboxylic acids is 2. The van der Waals surface area contributed by atoms with E-state index in [0.29, 0.717) is 16.3 Å². The first-order valence-electron chi connectivity index (χ1n) is 9.96. The summed E-state index contributed by atoms with van der Waals surface area (Å²) in [6, 6.07) is 15.3. The molecule has 6 nitrogen and oxygen atoms in total. The van der Waals surface area contributed by atoms with E-state index in [-0.39, 0.29) is 10.9 Å². The van der Waals surface area contributed by atoms with Crippen LogP contribution in [0.2, 0.25) is 10.0 Å². The predicted octanol–water partition coefficient (Wildman–Crippen LogP) is 5.06. The van der Waals surface area contributed by atoms with Crippen molar-refractivity contribution < 1.29 is 14.3 Å². The van der Waals surface area contributed by atoms with Crippen LogP contribution >= 0.6 is 23.2 Å². The van der Waals surface area contributed by atoms with Crippen LogP contribution in [-0.4, -0.2) is 31.2 Å². The van der Waals surface area contributed by atoms with Gasteiger partial charge >= 0.3 is 0 Å². The molecule has 3 aromatic carbocycles. The molecule has 0 heterocycles. The van der Waals surface area contributed by atoms with E-state index in [1.54, 1.807) is 13.2 Å². The standard InChI is InChI=1S/C24H23Cl2N3O3/c1-14(2)22(28-23(30)16-8-10-19(25)20(26)12-16)24(31)29-27-13-18-17-7-5-4-6-15(17)9-11-21(18)32-3/h4-14,22H,1-3H3,(H,28,30)(H,29,31). The van der Waals surface area contributed by atoms with Crippen LogP contribution in [0.25, 0.3) is 10.8 Å². The number of rotatable bonds is 7. The van der Waals surface area contributed by atoms with Crippen molar-refractivity contribution >= 4 is 52.0 Å². The summed E-state index contributed by atoms with van der Waals surface area (Å²) in [4.78, 5) is 25.4. The second-order valence-corrected chi connectivity index (χ2v) is 8.28. The zero-order valence-electron chi connectivity index (χ0n) is 17.9. The third kappa shape index (κ3) is 5.39. The average Bonchev–Trinajstić information content (AvgIpc) is 2.78. The van der Waals surface area contributed by atoms with Crippen molar-refractivity contribution in [2.45, 2.75) is 19.9 Å². The lowest BCUT2D eigenvalue weighted by Gasteiger charge is -2.20. The maximum absolute atomic E-state index is 12.8. The van der Waals surface area contributed by atoms with E-state index in [4.69, 9.17) is 27.9 Å². The highest BCUT2D eigenvalue weighted by molar-refractivity contribution is 6.42. The number of ether oxygens (including phenoxy) is 1. The number of fused-ring (bicyclic) bond motifs is 1. The van der Waals surface area contributed by atoms with Gasteiger partial charge in [0.2, 0.25) is 0 Å². The topological polar surface area (TPSA) is 79.8 Å². The maximum atomic E-state index is 12.8. The summed E-state index contributed by atoms with van der Waals surface area (Å²) >= 11 is 11.9. The summed E-state index contributed by atoms with van der Waals surface area (Å²) in [5.74, 6) is -0.417. The third-order valence-corrected chi connectivity index (χ3v) is 5.68. The lowest BCUT2D eigenvalue weighted by Crippen LogP contribution is -2.48. The van der Waals surface area contributed by atoms with E-state index in [1.165, 1.54) is 18.3 Å². The van der Waals surface area contributed by atoms with E-state index >= 15 is 0 Å². The molecule has 1 atom stereocenters. The molecule has 0 radical (unpaired) electrons. The average molecular weight is 472 g/mol. The molecule has 166 valence electrons. The first-order chi connectivity index (χ1) is 15.3. The monoisotopic (exact) mass is 471 g/mol. The van der Waals surface area contributed by atoms with Gasteiger partial charge in [-0.25, -0.2) is 5.43 Å². The minimum absolute atomic E-state index is 0.177. The van der Waals surface area contributed by atoms with E-state index in [9.17, 15) is 9.59 Å². The van der Waals surface area contributed by atoms with Gasteiger partial charge < -0.3 is 10.1 Å².